The van der Waals surface area contributed by atoms with E-state index in [1.54, 1.807) is 29.8 Å². The molecule has 0 aliphatic rings. The molecule has 2 rings (SSSR count). The molecule has 17 heavy (non-hydrogen) atoms. The van der Waals surface area contributed by atoms with Crippen molar-refractivity contribution in [1.82, 2.24) is 15.3 Å². The molecular formula is C12H13N3OS. The summed E-state index contributed by atoms with van der Waals surface area (Å²) in [6.07, 6.45) is 3.37. The van der Waals surface area contributed by atoms with Crippen LogP contribution >= 0.6 is 11.3 Å². The summed E-state index contributed by atoms with van der Waals surface area (Å²) in [6, 6.07) is 3.60. The van der Waals surface area contributed by atoms with Gasteiger partial charge in [0.1, 0.15) is 0 Å². The molecule has 1 amide bonds. The van der Waals surface area contributed by atoms with Gasteiger partial charge in [0, 0.05) is 23.0 Å². The molecule has 0 bridgehead atoms. The fourth-order valence-corrected chi connectivity index (χ4v) is 2.09. The Hall–Kier alpha value is -1.75. The number of nitrogens with zero attached hydrogens (tertiary/aromatic N) is 2. The molecule has 2 aromatic rings. The van der Waals surface area contributed by atoms with Gasteiger partial charge in [-0.25, -0.2) is 4.98 Å². The molecule has 5 heteroatoms. The van der Waals surface area contributed by atoms with Crippen LogP contribution in [0.3, 0.4) is 0 Å². The van der Waals surface area contributed by atoms with Crippen molar-refractivity contribution in [2.75, 3.05) is 0 Å². The molecule has 0 saturated heterocycles. The maximum absolute atomic E-state index is 11.8. The maximum atomic E-state index is 11.8. The monoisotopic (exact) mass is 247 g/mol. The maximum Gasteiger partial charge on any atom is 0.253 e. The van der Waals surface area contributed by atoms with E-state index in [9.17, 15) is 4.79 Å². The lowest BCUT2D eigenvalue weighted by Crippen LogP contribution is -2.22. The Labute approximate surface area is 104 Å². The molecule has 2 heterocycles. The van der Waals surface area contributed by atoms with Gasteiger partial charge in [-0.15, -0.1) is 11.3 Å². The summed E-state index contributed by atoms with van der Waals surface area (Å²) in [6.45, 7) is 4.35. The molecule has 0 aliphatic carbocycles. The normalized spacial score (nSPS) is 10.2. The van der Waals surface area contributed by atoms with E-state index < -0.39 is 0 Å². The second kappa shape index (κ2) is 5.05. The molecule has 1 N–H and O–H groups in total. The van der Waals surface area contributed by atoms with E-state index in [1.807, 2.05) is 19.9 Å². The first-order valence-electron chi connectivity index (χ1n) is 5.27. The number of carbonyl (C=O) groups excluding carboxylic acids is 1. The summed E-state index contributed by atoms with van der Waals surface area (Å²) in [7, 11) is 0. The smallest absolute Gasteiger partial charge is 0.253 e. The second-order valence-corrected chi connectivity index (χ2v) is 5.04. The topological polar surface area (TPSA) is 54.9 Å². The first kappa shape index (κ1) is 11.7. The number of pyridine rings is 1. The van der Waals surface area contributed by atoms with Gasteiger partial charge in [-0.2, -0.15) is 0 Å². The van der Waals surface area contributed by atoms with E-state index in [0.29, 0.717) is 12.1 Å². The zero-order valence-electron chi connectivity index (χ0n) is 9.73. The Kier molecular flexibility index (Phi) is 3.49. The summed E-state index contributed by atoms with van der Waals surface area (Å²) in [5.74, 6) is -0.108. The van der Waals surface area contributed by atoms with E-state index in [-0.39, 0.29) is 5.91 Å². The third-order valence-electron chi connectivity index (χ3n) is 2.27. The molecule has 0 aliphatic heterocycles. The van der Waals surface area contributed by atoms with Crippen LogP contribution in [0.5, 0.6) is 0 Å². The Morgan fingerprint density at radius 1 is 1.29 bits per heavy atom. The zero-order chi connectivity index (χ0) is 12.3. The van der Waals surface area contributed by atoms with Gasteiger partial charge < -0.3 is 5.32 Å². The van der Waals surface area contributed by atoms with Crippen LogP contribution in [0.1, 0.15) is 25.9 Å². The summed E-state index contributed by atoms with van der Waals surface area (Å²) in [5.41, 5.74) is 1.48. The van der Waals surface area contributed by atoms with Crippen LogP contribution in [0.4, 0.5) is 0 Å². The van der Waals surface area contributed by atoms with Gasteiger partial charge in [0.25, 0.3) is 5.91 Å². The van der Waals surface area contributed by atoms with E-state index >= 15 is 0 Å². The van der Waals surface area contributed by atoms with Gasteiger partial charge in [-0.05, 0) is 26.0 Å². The Morgan fingerprint density at radius 2 is 2.12 bits per heavy atom. The van der Waals surface area contributed by atoms with Gasteiger partial charge in [-0.1, -0.05) is 0 Å². The number of carbonyl (C=O) groups is 1. The van der Waals surface area contributed by atoms with Crippen LogP contribution in [0.2, 0.25) is 0 Å². The van der Waals surface area contributed by atoms with Gasteiger partial charge in [0.05, 0.1) is 17.1 Å². The number of thiazole rings is 1. The lowest BCUT2D eigenvalue weighted by atomic mass is 10.2. The standard InChI is InChI=1S/C12H13N3OS/c1-8-3-4-10(5-13-8)12(16)15-7-11-6-14-9(2)17-11/h3-6H,7H2,1-2H3,(H,15,16). The number of aryl methyl sites for hydroxylation is 2. The lowest BCUT2D eigenvalue weighted by Gasteiger charge is -2.03. The largest absolute Gasteiger partial charge is 0.347 e. The van der Waals surface area contributed by atoms with Crippen molar-refractivity contribution in [3.05, 3.63) is 45.7 Å². The van der Waals surface area contributed by atoms with Crippen LogP contribution in [0.25, 0.3) is 0 Å². The van der Waals surface area contributed by atoms with Crippen molar-refractivity contribution in [2.45, 2.75) is 20.4 Å². The fourth-order valence-electron chi connectivity index (χ4n) is 1.36. The van der Waals surface area contributed by atoms with Crippen LogP contribution in [0, 0.1) is 13.8 Å². The van der Waals surface area contributed by atoms with Gasteiger partial charge in [0.15, 0.2) is 0 Å². The molecule has 0 radical (unpaired) electrons. The highest BCUT2D eigenvalue weighted by molar-refractivity contribution is 7.11. The van der Waals surface area contributed by atoms with Crippen molar-refractivity contribution in [3.63, 3.8) is 0 Å². The summed E-state index contributed by atoms with van der Waals surface area (Å²) >= 11 is 1.59. The SMILES string of the molecule is Cc1ccc(C(=O)NCc2cnc(C)s2)cn1. The third-order valence-corrected chi connectivity index (χ3v) is 3.18. The van der Waals surface area contributed by atoms with Gasteiger partial charge >= 0.3 is 0 Å². The van der Waals surface area contributed by atoms with Crippen molar-refractivity contribution in [3.8, 4) is 0 Å². The first-order chi connectivity index (χ1) is 8.15. The minimum Gasteiger partial charge on any atom is -0.347 e. The van der Waals surface area contributed by atoms with Crippen molar-refractivity contribution < 1.29 is 4.79 Å². The number of rotatable bonds is 3. The minimum absolute atomic E-state index is 0.108. The molecule has 0 aromatic carbocycles. The summed E-state index contributed by atoms with van der Waals surface area (Å²) in [5, 5.41) is 3.85. The molecule has 0 spiro atoms. The molecule has 0 fully saturated rings. The first-order valence-corrected chi connectivity index (χ1v) is 6.09. The number of amides is 1. The van der Waals surface area contributed by atoms with E-state index in [1.165, 1.54) is 0 Å². The lowest BCUT2D eigenvalue weighted by molar-refractivity contribution is 0.0951. The van der Waals surface area contributed by atoms with Crippen molar-refractivity contribution >= 4 is 17.2 Å². The predicted octanol–water partition coefficient (Wildman–Crippen LogP) is 2.08. The van der Waals surface area contributed by atoms with Gasteiger partial charge in [-0.3, -0.25) is 9.78 Å². The highest BCUT2D eigenvalue weighted by Gasteiger charge is 2.06. The zero-order valence-corrected chi connectivity index (χ0v) is 10.5. The van der Waals surface area contributed by atoms with Crippen LogP contribution in [-0.2, 0) is 6.54 Å². The summed E-state index contributed by atoms with van der Waals surface area (Å²) < 4.78 is 0. The fraction of sp³-hybridized carbons (Fsp3) is 0.250. The van der Waals surface area contributed by atoms with Gasteiger partial charge in [0.2, 0.25) is 0 Å². The average molecular weight is 247 g/mol. The van der Waals surface area contributed by atoms with Crippen LogP contribution in [0.15, 0.2) is 24.5 Å². The van der Waals surface area contributed by atoms with Crippen molar-refractivity contribution in [2.24, 2.45) is 0 Å². The van der Waals surface area contributed by atoms with E-state index in [4.69, 9.17) is 0 Å². The molecule has 0 unspecified atom stereocenters. The summed E-state index contributed by atoms with van der Waals surface area (Å²) in [4.78, 5) is 21.0. The molecule has 4 nitrogen and oxygen atoms in total. The molecule has 0 atom stereocenters. The number of nitrogens with one attached hydrogen (secondary N) is 1. The third kappa shape index (κ3) is 3.10. The average Bonchev–Trinajstić information content (AvgIpc) is 2.73. The molecule has 88 valence electrons. The van der Waals surface area contributed by atoms with Crippen LogP contribution < -0.4 is 5.32 Å². The quantitative estimate of drug-likeness (QED) is 0.903. The second-order valence-electron chi connectivity index (χ2n) is 3.72. The van der Waals surface area contributed by atoms with E-state index in [0.717, 1.165) is 15.6 Å². The Morgan fingerprint density at radius 3 is 2.71 bits per heavy atom. The number of hydrogen-bond donors (Lipinski definition) is 1. The van der Waals surface area contributed by atoms with Crippen LogP contribution in [-0.4, -0.2) is 15.9 Å². The van der Waals surface area contributed by atoms with Crippen molar-refractivity contribution in [1.29, 1.82) is 0 Å². The number of aromatic nitrogens is 2. The highest BCUT2D eigenvalue weighted by Crippen LogP contribution is 2.11. The number of hydrogen-bond acceptors (Lipinski definition) is 4. The Bertz CT molecular complexity index is 519. The minimum atomic E-state index is -0.108. The Balaban J connectivity index is 1.95. The molecule has 2 aromatic heterocycles. The predicted molar refractivity (Wildman–Crippen MR) is 67.0 cm³/mol. The molecular weight excluding hydrogens is 234 g/mol. The molecule has 0 saturated carbocycles. The van der Waals surface area contributed by atoms with E-state index in [2.05, 4.69) is 15.3 Å². The highest BCUT2D eigenvalue weighted by atomic mass is 32.1.